The van der Waals surface area contributed by atoms with E-state index in [1.807, 2.05) is 45.0 Å². The summed E-state index contributed by atoms with van der Waals surface area (Å²) in [5, 5.41) is 4.83. The zero-order valence-electron chi connectivity index (χ0n) is 19.5. The molecule has 178 valence electrons. The monoisotopic (exact) mass is 525 g/mol. The van der Waals surface area contributed by atoms with E-state index in [1.165, 1.54) is 0 Å². The summed E-state index contributed by atoms with van der Waals surface area (Å²) >= 11 is 3.46. The van der Waals surface area contributed by atoms with E-state index in [2.05, 4.69) is 26.2 Å². The molecule has 2 heterocycles. The van der Waals surface area contributed by atoms with E-state index in [0.717, 1.165) is 28.1 Å². The Balaban J connectivity index is 1.30. The van der Waals surface area contributed by atoms with E-state index in [4.69, 9.17) is 9.47 Å². The summed E-state index contributed by atoms with van der Waals surface area (Å²) < 4.78 is 12.5. The first kappa shape index (κ1) is 24.0. The summed E-state index contributed by atoms with van der Waals surface area (Å²) in [4.78, 5) is 30.9. The van der Waals surface area contributed by atoms with Gasteiger partial charge in [-0.15, -0.1) is 0 Å². The first-order valence-electron chi connectivity index (χ1n) is 11.3. The fourth-order valence-corrected chi connectivity index (χ4v) is 4.11. The molecule has 7 nitrogen and oxygen atoms in total. The van der Waals surface area contributed by atoms with Crippen LogP contribution in [0.2, 0.25) is 0 Å². The van der Waals surface area contributed by atoms with Crippen LogP contribution in [0, 0.1) is 0 Å². The second kappa shape index (κ2) is 10.0. The number of benzene rings is 2. The number of fused-ring (bicyclic) bond motifs is 1. The van der Waals surface area contributed by atoms with Crippen LogP contribution in [0.3, 0.4) is 0 Å². The Bertz CT molecular complexity index is 1180. The maximum atomic E-state index is 12.7. The minimum absolute atomic E-state index is 0.0134. The quantitative estimate of drug-likeness (QED) is 0.449. The molecule has 0 radical (unpaired) electrons. The van der Waals surface area contributed by atoms with Crippen molar-refractivity contribution in [2.75, 3.05) is 18.4 Å². The first-order chi connectivity index (χ1) is 16.2. The van der Waals surface area contributed by atoms with Crippen LogP contribution in [-0.4, -0.2) is 46.7 Å². The van der Waals surface area contributed by atoms with Gasteiger partial charge in [-0.1, -0.05) is 22.0 Å². The molecule has 1 aromatic heterocycles. The summed E-state index contributed by atoms with van der Waals surface area (Å²) in [7, 11) is 0. The number of ether oxygens (including phenoxy) is 2. The van der Waals surface area contributed by atoms with Crippen molar-refractivity contribution in [1.82, 2.24) is 9.88 Å². The summed E-state index contributed by atoms with van der Waals surface area (Å²) in [6, 6.07) is 14.8. The van der Waals surface area contributed by atoms with E-state index < -0.39 is 5.60 Å². The number of anilines is 1. The van der Waals surface area contributed by atoms with Crippen LogP contribution in [-0.2, 0) is 4.74 Å². The number of halogens is 1. The lowest BCUT2D eigenvalue weighted by molar-refractivity contribution is 0.0126. The van der Waals surface area contributed by atoms with Crippen LogP contribution in [0.4, 0.5) is 10.6 Å². The second-order valence-corrected chi connectivity index (χ2v) is 10.2. The van der Waals surface area contributed by atoms with Crippen molar-refractivity contribution in [3.63, 3.8) is 0 Å². The van der Waals surface area contributed by atoms with Crippen LogP contribution >= 0.6 is 15.9 Å². The summed E-state index contributed by atoms with van der Waals surface area (Å²) in [6.45, 7) is 6.78. The van der Waals surface area contributed by atoms with Crippen molar-refractivity contribution in [3.8, 4) is 5.75 Å². The Morgan fingerprint density at radius 1 is 1.03 bits per heavy atom. The third-order valence-corrected chi connectivity index (χ3v) is 5.93. The van der Waals surface area contributed by atoms with Crippen molar-refractivity contribution >= 4 is 44.5 Å². The van der Waals surface area contributed by atoms with Crippen LogP contribution in [0.25, 0.3) is 10.8 Å². The molecule has 2 amide bonds. The minimum atomic E-state index is -0.500. The Morgan fingerprint density at radius 3 is 2.41 bits per heavy atom. The third-order valence-electron chi connectivity index (χ3n) is 5.44. The molecule has 0 atom stereocenters. The molecule has 8 heteroatoms. The van der Waals surface area contributed by atoms with E-state index in [9.17, 15) is 9.59 Å². The van der Waals surface area contributed by atoms with Gasteiger partial charge in [0.25, 0.3) is 5.91 Å². The SMILES string of the molecule is CC(C)(C)OC(=O)N1CCC(Oc2ccc(C(=O)Nc3cc4cc(Br)ccc4cn3)cc2)CC1. The Labute approximate surface area is 207 Å². The molecule has 0 saturated carbocycles. The second-order valence-electron chi connectivity index (χ2n) is 9.32. The molecule has 4 rings (SSSR count). The number of piperidine rings is 1. The van der Waals surface area contributed by atoms with Gasteiger partial charge >= 0.3 is 6.09 Å². The van der Waals surface area contributed by atoms with E-state index in [1.54, 1.807) is 35.4 Å². The number of aromatic nitrogens is 1. The normalized spacial score (nSPS) is 14.6. The van der Waals surface area contributed by atoms with Crippen LogP contribution in [0.15, 0.2) is 59.2 Å². The Hall–Kier alpha value is -3.13. The number of rotatable bonds is 4. The number of amides is 2. The van der Waals surface area contributed by atoms with Gasteiger partial charge in [0.15, 0.2) is 0 Å². The number of hydrogen-bond donors (Lipinski definition) is 1. The maximum absolute atomic E-state index is 12.7. The lowest BCUT2D eigenvalue weighted by Crippen LogP contribution is -2.44. The molecular formula is C26H28BrN3O4. The topological polar surface area (TPSA) is 80.8 Å². The molecular weight excluding hydrogens is 498 g/mol. The number of carbonyl (C=O) groups excluding carboxylic acids is 2. The zero-order valence-corrected chi connectivity index (χ0v) is 21.1. The van der Waals surface area contributed by atoms with Gasteiger partial charge in [0, 0.05) is 47.6 Å². The highest BCUT2D eigenvalue weighted by Gasteiger charge is 2.27. The molecule has 1 aliphatic rings. The summed E-state index contributed by atoms with van der Waals surface area (Å²) in [5.41, 5.74) is 0.0169. The van der Waals surface area contributed by atoms with Crippen LogP contribution in [0.1, 0.15) is 44.0 Å². The van der Waals surface area contributed by atoms with Gasteiger partial charge in [-0.3, -0.25) is 4.79 Å². The average molecular weight is 526 g/mol. The molecule has 1 saturated heterocycles. The van der Waals surface area contributed by atoms with Gasteiger partial charge in [-0.2, -0.15) is 0 Å². The van der Waals surface area contributed by atoms with Crippen molar-refractivity contribution in [1.29, 1.82) is 0 Å². The van der Waals surface area contributed by atoms with Crippen LogP contribution < -0.4 is 10.1 Å². The van der Waals surface area contributed by atoms with Crippen molar-refractivity contribution < 1.29 is 19.1 Å². The minimum Gasteiger partial charge on any atom is -0.490 e. The molecule has 0 aliphatic carbocycles. The number of likely N-dealkylation sites (tertiary alicyclic amines) is 1. The van der Waals surface area contributed by atoms with Gasteiger partial charge < -0.3 is 19.7 Å². The highest BCUT2D eigenvalue weighted by Crippen LogP contribution is 2.23. The lowest BCUT2D eigenvalue weighted by atomic mass is 10.1. The largest absolute Gasteiger partial charge is 0.490 e. The predicted octanol–water partition coefficient (Wildman–Crippen LogP) is 6.03. The molecule has 1 aliphatic heterocycles. The number of pyridine rings is 1. The molecule has 0 unspecified atom stereocenters. The molecule has 0 spiro atoms. The molecule has 3 aromatic rings. The van der Waals surface area contributed by atoms with Crippen molar-refractivity contribution in [2.45, 2.75) is 45.3 Å². The van der Waals surface area contributed by atoms with Crippen molar-refractivity contribution in [2.24, 2.45) is 0 Å². The first-order valence-corrected chi connectivity index (χ1v) is 12.1. The predicted molar refractivity (Wildman–Crippen MR) is 135 cm³/mol. The molecule has 1 fully saturated rings. The van der Waals surface area contributed by atoms with E-state index in [-0.39, 0.29) is 18.1 Å². The van der Waals surface area contributed by atoms with Gasteiger partial charge in [0.05, 0.1) is 0 Å². The summed E-state index contributed by atoms with van der Waals surface area (Å²) in [5.74, 6) is 0.952. The highest BCUT2D eigenvalue weighted by atomic mass is 79.9. The maximum Gasteiger partial charge on any atom is 0.410 e. The number of nitrogens with one attached hydrogen (secondary N) is 1. The fraction of sp³-hybridized carbons (Fsp3) is 0.346. The lowest BCUT2D eigenvalue weighted by Gasteiger charge is -2.33. The average Bonchev–Trinajstić information content (AvgIpc) is 2.78. The van der Waals surface area contributed by atoms with E-state index in [0.29, 0.717) is 30.2 Å². The number of nitrogens with zero attached hydrogens (tertiary/aromatic N) is 2. The Morgan fingerprint density at radius 2 is 1.74 bits per heavy atom. The third kappa shape index (κ3) is 6.26. The molecule has 1 N–H and O–H groups in total. The number of hydrogen-bond acceptors (Lipinski definition) is 5. The zero-order chi connectivity index (χ0) is 24.3. The van der Waals surface area contributed by atoms with E-state index >= 15 is 0 Å². The van der Waals surface area contributed by atoms with Crippen molar-refractivity contribution in [3.05, 3.63) is 64.8 Å². The highest BCUT2D eigenvalue weighted by molar-refractivity contribution is 9.10. The molecule has 0 bridgehead atoms. The van der Waals surface area contributed by atoms with Gasteiger partial charge in [-0.05, 0) is 68.6 Å². The number of carbonyl (C=O) groups is 2. The van der Waals surface area contributed by atoms with Gasteiger partial charge in [0.2, 0.25) is 0 Å². The Kier molecular flexibility index (Phi) is 7.07. The molecule has 34 heavy (non-hydrogen) atoms. The molecule has 2 aromatic carbocycles. The fourth-order valence-electron chi connectivity index (χ4n) is 3.73. The van der Waals surface area contributed by atoms with Gasteiger partial charge in [0.1, 0.15) is 23.3 Å². The smallest absolute Gasteiger partial charge is 0.410 e. The van der Waals surface area contributed by atoms with Gasteiger partial charge in [-0.25, -0.2) is 9.78 Å². The summed E-state index contributed by atoms with van der Waals surface area (Å²) in [6.07, 6.45) is 2.92. The van der Waals surface area contributed by atoms with Crippen LogP contribution in [0.5, 0.6) is 5.75 Å². The standard InChI is InChI=1S/C26H28BrN3O4/c1-26(2,3)34-25(32)30-12-10-22(11-13-30)33-21-8-5-17(6-9-21)24(31)29-23-15-19-14-20(27)7-4-18(19)16-28-23/h4-9,14-16,22H,10-13H2,1-3H3,(H,28,29,31).